The quantitative estimate of drug-likeness (QED) is 0.636. The third kappa shape index (κ3) is 2.55. The van der Waals surface area contributed by atoms with E-state index >= 15 is 0 Å². The summed E-state index contributed by atoms with van der Waals surface area (Å²) < 4.78 is 0. The normalized spacial score (nSPS) is 39.6. The third-order valence-electron chi connectivity index (χ3n) is 3.98. The van der Waals surface area contributed by atoms with Crippen LogP contribution in [0.5, 0.6) is 0 Å². The van der Waals surface area contributed by atoms with Crippen LogP contribution >= 0.6 is 0 Å². The zero-order chi connectivity index (χ0) is 11.6. The van der Waals surface area contributed by atoms with Crippen LogP contribution in [0.2, 0.25) is 0 Å². The van der Waals surface area contributed by atoms with Crippen molar-refractivity contribution < 1.29 is 4.79 Å². The monoisotopic (exact) mass is 225 g/mol. The Hall–Kier alpha value is -0.610. The Morgan fingerprint density at radius 2 is 2.25 bits per heavy atom. The van der Waals surface area contributed by atoms with Gasteiger partial charge in [0.2, 0.25) is 5.91 Å². The largest absolute Gasteiger partial charge is 0.352 e. The average Bonchev–Trinajstić information content (AvgIpc) is 2.69. The van der Waals surface area contributed by atoms with Gasteiger partial charge in [-0.25, -0.2) is 0 Å². The maximum Gasteiger partial charge on any atom is 0.225 e. The molecular weight excluding hydrogens is 202 g/mol. The molecule has 0 spiro atoms. The molecule has 16 heavy (non-hydrogen) atoms. The number of carbonyl (C=O) groups is 1. The molecule has 4 nitrogen and oxygen atoms in total. The second-order valence-electron chi connectivity index (χ2n) is 5.50. The van der Waals surface area contributed by atoms with Crippen LogP contribution in [-0.2, 0) is 4.79 Å². The predicted octanol–water partition coefficient (Wildman–Crippen LogP) is 0.372. The van der Waals surface area contributed by atoms with E-state index < -0.39 is 0 Å². The highest BCUT2D eigenvalue weighted by atomic mass is 16.2. The van der Waals surface area contributed by atoms with Gasteiger partial charge < -0.3 is 16.4 Å². The molecule has 0 aromatic heterocycles. The van der Waals surface area contributed by atoms with Gasteiger partial charge in [-0.1, -0.05) is 12.8 Å². The minimum atomic E-state index is -0.311. The van der Waals surface area contributed by atoms with Crippen LogP contribution in [0.25, 0.3) is 0 Å². The average molecular weight is 225 g/mol. The second kappa shape index (κ2) is 4.72. The van der Waals surface area contributed by atoms with Gasteiger partial charge in [-0.3, -0.25) is 4.79 Å². The Labute approximate surface area is 97.3 Å². The molecule has 4 heteroatoms. The molecule has 1 aliphatic carbocycles. The highest BCUT2D eigenvalue weighted by molar-refractivity contribution is 5.80. The SMILES string of the molecule is CC1(N)CCCCC1C(=O)NC1CCNC1. The van der Waals surface area contributed by atoms with E-state index in [0.717, 1.165) is 45.2 Å². The number of carbonyl (C=O) groups excluding carboxylic acids is 1. The minimum absolute atomic E-state index is 0.00171. The van der Waals surface area contributed by atoms with Crippen molar-refractivity contribution >= 4 is 5.91 Å². The molecule has 1 saturated carbocycles. The lowest BCUT2D eigenvalue weighted by Crippen LogP contribution is -2.54. The van der Waals surface area contributed by atoms with Gasteiger partial charge in [0, 0.05) is 18.1 Å². The van der Waals surface area contributed by atoms with Crippen molar-refractivity contribution in [2.75, 3.05) is 13.1 Å². The Morgan fingerprint density at radius 1 is 1.44 bits per heavy atom. The maximum atomic E-state index is 12.2. The van der Waals surface area contributed by atoms with Crippen molar-refractivity contribution in [3.8, 4) is 0 Å². The molecule has 2 aliphatic rings. The zero-order valence-electron chi connectivity index (χ0n) is 10.1. The lowest BCUT2D eigenvalue weighted by molar-refractivity contribution is -0.128. The second-order valence-corrected chi connectivity index (χ2v) is 5.50. The van der Waals surface area contributed by atoms with E-state index in [1.165, 1.54) is 0 Å². The molecule has 4 N–H and O–H groups in total. The van der Waals surface area contributed by atoms with Crippen molar-refractivity contribution in [2.24, 2.45) is 11.7 Å². The van der Waals surface area contributed by atoms with Gasteiger partial charge >= 0.3 is 0 Å². The number of nitrogens with two attached hydrogens (primary N) is 1. The van der Waals surface area contributed by atoms with Crippen LogP contribution in [0, 0.1) is 5.92 Å². The first-order valence-electron chi connectivity index (χ1n) is 6.39. The lowest BCUT2D eigenvalue weighted by atomic mass is 9.74. The standard InChI is InChI=1S/C12H23N3O/c1-12(13)6-3-2-4-10(12)11(16)15-9-5-7-14-8-9/h9-10,14H,2-8,13H2,1H3,(H,15,16). The summed E-state index contributed by atoms with van der Waals surface area (Å²) in [6.45, 7) is 3.93. The summed E-state index contributed by atoms with van der Waals surface area (Å²) in [6, 6.07) is 0.310. The minimum Gasteiger partial charge on any atom is -0.352 e. The number of hydrogen-bond acceptors (Lipinski definition) is 3. The Kier molecular flexibility index (Phi) is 3.50. The molecule has 2 rings (SSSR count). The highest BCUT2D eigenvalue weighted by Crippen LogP contribution is 2.31. The van der Waals surface area contributed by atoms with E-state index in [0.29, 0.717) is 6.04 Å². The van der Waals surface area contributed by atoms with E-state index in [1.807, 2.05) is 6.92 Å². The molecule has 1 saturated heterocycles. The van der Waals surface area contributed by atoms with Gasteiger partial charge in [0.15, 0.2) is 0 Å². The summed E-state index contributed by atoms with van der Waals surface area (Å²) in [5.74, 6) is 0.167. The first-order chi connectivity index (χ1) is 7.59. The van der Waals surface area contributed by atoms with E-state index in [-0.39, 0.29) is 17.4 Å². The van der Waals surface area contributed by atoms with Gasteiger partial charge in [0.25, 0.3) is 0 Å². The molecule has 0 aromatic rings. The number of amides is 1. The fraction of sp³-hybridized carbons (Fsp3) is 0.917. The van der Waals surface area contributed by atoms with E-state index in [1.54, 1.807) is 0 Å². The zero-order valence-corrected chi connectivity index (χ0v) is 10.1. The first-order valence-corrected chi connectivity index (χ1v) is 6.39. The molecule has 0 radical (unpaired) electrons. The van der Waals surface area contributed by atoms with Crippen LogP contribution in [0.3, 0.4) is 0 Å². The number of rotatable bonds is 2. The van der Waals surface area contributed by atoms with Gasteiger partial charge in [-0.2, -0.15) is 0 Å². The van der Waals surface area contributed by atoms with Gasteiger partial charge in [-0.15, -0.1) is 0 Å². The summed E-state index contributed by atoms with van der Waals surface area (Å²) in [5, 5.41) is 6.38. The molecule has 0 bridgehead atoms. The number of hydrogen-bond donors (Lipinski definition) is 3. The van der Waals surface area contributed by atoms with Crippen LogP contribution in [-0.4, -0.2) is 30.6 Å². The van der Waals surface area contributed by atoms with Crippen molar-refractivity contribution in [3.05, 3.63) is 0 Å². The fourth-order valence-corrected chi connectivity index (χ4v) is 2.87. The summed E-state index contributed by atoms with van der Waals surface area (Å²) in [6.07, 6.45) is 5.24. The van der Waals surface area contributed by atoms with Crippen LogP contribution in [0.1, 0.15) is 39.0 Å². The first kappa shape index (κ1) is 11.9. The molecular formula is C12H23N3O. The lowest BCUT2D eigenvalue weighted by Gasteiger charge is -2.37. The predicted molar refractivity (Wildman–Crippen MR) is 64.0 cm³/mol. The molecule has 2 fully saturated rings. The Morgan fingerprint density at radius 3 is 2.88 bits per heavy atom. The Balaban J connectivity index is 1.91. The Bertz CT molecular complexity index is 259. The van der Waals surface area contributed by atoms with Crippen LogP contribution < -0.4 is 16.4 Å². The topological polar surface area (TPSA) is 67.2 Å². The fourth-order valence-electron chi connectivity index (χ4n) is 2.87. The molecule has 0 aromatic carbocycles. The summed E-state index contributed by atoms with van der Waals surface area (Å²) >= 11 is 0. The van der Waals surface area contributed by atoms with E-state index in [2.05, 4.69) is 10.6 Å². The van der Waals surface area contributed by atoms with Crippen LogP contribution in [0.4, 0.5) is 0 Å². The molecule has 92 valence electrons. The molecule has 3 atom stereocenters. The summed E-state index contributed by atoms with van der Waals surface area (Å²) in [5.41, 5.74) is 5.91. The number of nitrogens with one attached hydrogen (secondary N) is 2. The molecule has 1 aliphatic heterocycles. The van der Waals surface area contributed by atoms with Crippen molar-refractivity contribution in [3.63, 3.8) is 0 Å². The van der Waals surface area contributed by atoms with Crippen LogP contribution in [0.15, 0.2) is 0 Å². The molecule has 1 amide bonds. The maximum absolute atomic E-state index is 12.2. The van der Waals surface area contributed by atoms with Gasteiger partial charge in [0.1, 0.15) is 0 Å². The summed E-state index contributed by atoms with van der Waals surface area (Å²) in [7, 11) is 0. The molecule has 1 heterocycles. The van der Waals surface area contributed by atoms with Crippen molar-refractivity contribution in [1.29, 1.82) is 0 Å². The van der Waals surface area contributed by atoms with Crippen molar-refractivity contribution in [2.45, 2.75) is 50.6 Å². The van der Waals surface area contributed by atoms with Gasteiger partial charge in [-0.05, 0) is 32.7 Å². The highest BCUT2D eigenvalue weighted by Gasteiger charge is 2.38. The van der Waals surface area contributed by atoms with E-state index in [9.17, 15) is 4.79 Å². The summed E-state index contributed by atoms with van der Waals surface area (Å²) in [4.78, 5) is 12.2. The smallest absolute Gasteiger partial charge is 0.225 e. The molecule has 3 unspecified atom stereocenters. The van der Waals surface area contributed by atoms with Crippen molar-refractivity contribution in [1.82, 2.24) is 10.6 Å². The van der Waals surface area contributed by atoms with E-state index in [4.69, 9.17) is 5.73 Å². The van der Waals surface area contributed by atoms with Gasteiger partial charge in [0.05, 0.1) is 5.92 Å². The third-order valence-corrected chi connectivity index (χ3v) is 3.98.